The minimum Gasteiger partial charge on any atom is -0.491 e. The Balaban J connectivity index is 1.21. The summed E-state index contributed by atoms with van der Waals surface area (Å²) in [6.45, 7) is 1.76. The second-order valence-electron chi connectivity index (χ2n) is 12.2. The van der Waals surface area contributed by atoms with Crippen LogP contribution in [-0.4, -0.2) is 87.1 Å². The van der Waals surface area contributed by atoms with Gasteiger partial charge in [0.25, 0.3) is 5.91 Å². The first kappa shape index (κ1) is 34.3. The molecule has 0 bridgehead atoms. The van der Waals surface area contributed by atoms with Crippen LogP contribution in [0.4, 0.5) is 8.78 Å². The molecule has 4 N–H and O–H groups in total. The maximum absolute atomic E-state index is 14.3. The molecule has 2 saturated heterocycles. The average Bonchev–Trinajstić information content (AvgIpc) is 3.64. The summed E-state index contributed by atoms with van der Waals surface area (Å²) >= 11 is 7.08. The van der Waals surface area contributed by atoms with Gasteiger partial charge in [0.05, 0.1) is 10.9 Å². The van der Waals surface area contributed by atoms with E-state index in [4.69, 9.17) is 26.1 Å². The molecule has 6 rings (SSSR count). The van der Waals surface area contributed by atoms with Gasteiger partial charge in [0.1, 0.15) is 24.4 Å². The van der Waals surface area contributed by atoms with Crippen molar-refractivity contribution in [1.29, 1.82) is 0 Å². The van der Waals surface area contributed by atoms with Gasteiger partial charge in [-0.15, -0.1) is 11.3 Å². The third-order valence-electron chi connectivity index (χ3n) is 8.97. The molecule has 3 aliphatic rings. The summed E-state index contributed by atoms with van der Waals surface area (Å²) in [5, 5.41) is 6.39. The van der Waals surface area contributed by atoms with Gasteiger partial charge >= 0.3 is 13.3 Å². The zero-order chi connectivity index (χ0) is 34.5. The molecule has 4 atom stereocenters. The number of halogens is 3. The van der Waals surface area contributed by atoms with Crippen molar-refractivity contribution in [3.8, 4) is 5.75 Å². The number of hydrogen-bond acceptors (Lipinski definition) is 7. The van der Waals surface area contributed by atoms with E-state index < -0.39 is 42.7 Å². The molecule has 1 aromatic heterocycles. The number of nitrogens with zero attached hydrogens (tertiary/aromatic N) is 2. The number of benzene rings is 2. The molecule has 48 heavy (non-hydrogen) atoms. The Morgan fingerprint density at radius 3 is 2.58 bits per heavy atom. The molecule has 3 aromatic rings. The van der Waals surface area contributed by atoms with E-state index in [9.17, 15) is 32.5 Å². The van der Waals surface area contributed by atoms with E-state index in [1.807, 2.05) is 0 Å². The smallest absolute Gasteiger partial charge is 0.399 e. The van der Waals surface area contributed by atoms with Gasteiger partial charge in [0.2, 0.25) is 17.7 Å². The summed E-state index contributed by atoms with van der Waals surface area (Å²) in [6.07, 6.45) is 1.85. The van der Waals surface area contributed by atoms with Crippen LogP contribution >= 0.6 is 30.5 Å². The van der Waals surface area contributed by atoms with Gasteiger partial charge in [-0.3, -0.25) is 23.7 Å². The third kappa shape index (κ3) is 6.66. The van der Waals surface area contributed by atoms with Crippen LogP contribution in [0.2, 0.25) is 5.02 Å². The van der Waals surface area contributed by atoms with Gasteiger partial charge in [-0.25, -0.2) is 0 Å². The topological polar surface area (TPSA) is 166 Å². The quantitative estimate of drug-likeness (QED) is 0.280. The van der Waals surface area contributed by atoms with Crippen molar-refractivity contribution in [3.05, 3.63) is 63.5 Å². The minimum absolute atomic E-state index is 0.0517. The summed E-state index contributed by atoms with van der Waals surface area (Å²) in [5.41, 5.74) is -4.48. The molecule has 0 spiro atoms. The predicted octanol–water partition coefficient (Wildman–Crippen LogP) is 3.61. The van der Waals surface area contributed by atoms with E-state index in [1.165, 1.54) is 28.9 Å². The molecule has 4 heterocycles. The predicted molar refractivity (Wildman–Crippen MR) is 172 cm³/mol. The number of thiophene rings is 1. The molecule has 0 radical (unpaired) electrons. The number of carbonyl (C=O) groups excluding carboxylic acids is 4. The second kappa shape index (κ2) is 13.0. The number of fused-ring (bicyclic) bond motifs is 3. The Kier molecular flexibility index (Phi) is 9.28. The van der Waals surface area contributed by atoms with Crippen LogP contribution in [-0.2, 0) is 31.0 Å². The number of amides is 4. The Morgan fingerprint density at radius 1 is 1.08 bits per heavy atom. The highest BCUT2D eigenvalue weighted by molar-refractivity contribution is 7.52. The Hall–Kier alpha value is -3.62. The summed E-state index contributed by atoms with van der Waals surface area (Å²) < 4.78 is 46.2. The third-order valence-corrected chi connectivity index (χ3v) is 11.3. The molecule has 2 aromatic carbocycles. The van der Waals surface area contributed by atoms with Gasteiger partial charge in [-0.1, -0.05) is 17.7 Å². The fourth-order valence-corrected chi connectivity index (χ4v) is 8.13. The molecule has 4 amide bonds. The number of hydrogen-bond donors (Lipinski definition) is 4. The lowest BCUT2D eigenvalue weighted by Gasteiger charge is -2.38. The van der Waals surface area contributed by atoms with Crippen LogP contribution in [0, 0.1) is 0 Å². The zero-order valence-corrected chi connectivity index (χ0v) is 28.0. The maximum atomic E-state index is 14.3. The van der Waals surface area contributed by atoms with E-state index in [1.54, 1.807) is 18.2 Å². The van der Waals surface area contributed by atoms with Crippen LogP contribution in [0.25, 0.3) is 10.1 Å². The van der Waals surface area contributed by atoms with E-state index in [0.717, 1.165) is 29.0 Å². The molecule has 12 nitrogen and oxygen atoms in total. The standard InChI is InChI=1S/C31H32ClF2N4O8PS/c1-16(39)37-9-8-22-4-5-24(28(40)35-21-12-17-11-20(32)3-6-25(17)46-15-21)38(22)30(42)23(14-37)36-29(41)27-13-18-10-19(2-7-26(18)48-27)31(33,34)47(43,44)45/h2-3,6-7,10-11,13,21-24H,4-5,8-9,12,14-15H2,1H3,(H,35,40)(H,36,41)(H2,43,44,45)/t21?,22-,23+,24+/m1/s1. The number of rotatable bonds is 6. The van der Waals surface area contributed by atoms with Crippen LogP contribution in [0.15, 0.2) is 42.5 Å². The van der Waals surface area contributed by atoms with Crippen LogP contribution in [0.1, 0.15) is 47.0 Å². The maximum Gasteiger partial charge on any atom is 0.399 e. The lowest BCUT2D eigenvalue weighted by Crippen LogP contribution is -2.61. The summed E-state index contributed by atoms with van der Waals surface area (Å²) in [7, 11) is -5.80. The molecule has 0 saturated carbocycles. The lowest BCUT2D eigenvalue weighted by molar-refractivity contribution is -0.145. The van der Waals surface area contributed by atoms with Gasteiger partial charge in [-0.2, -0.15) is 8.78 Å². The lowest BCUT2D eigenvalue weighted by atomic mass is 10.0. The van der Waals surface area contributed by atoms with Gasteiger partial charge in [-0.05, 0) is 73.0 Å². The molecular formula is C31H32ClF2N4O8PS. The highest BCUT2D eigenvalue weighted by Gasteiger charge is 2.50. The Morgan fingerprint density at radius 2 is 1.85 bits per heavy atom. The molecule has 3 aliphatic heterocycles. The van der Waals surface area contributed by atoms with Crippen molar-refractivity contribution in [2.75, 3.05) is 19.7 Å². The molecule has 1 unspecified atom stereocenters. The summed E-state index contributed by atoms with van der Waals surface area (Å²) in [5.74, 6) is -1.20. The SMILES string of the molecule is CC(=O)N1CC[C@H]2CC[C@@H](C(=O)NC3COc4ccc(Cl)cc4C3)N2C(=O)[C@@H](NC(=O)c2cc3cc(C(F)(F)P(=O)(O)O)ccc3s2)C1. The van der Waals surface area contributed by atoms with Crippen molar-refractivity contribution in [2.45, 2.75) is 62.4 Å². The molecular weight excluding hydrogens is 693 g/mol. The molecule has 17 heteroatoms. The monoisotopic (exact) mass is 724 g/mol. The summed E-state index contributed by atoms with van der Waals surface area (Å²) in [4.78, 5) is 75.0. The average molecular weight is 725 g/mol. The van der Waals surface area contributed by atoms with Crippen molar-refractivity contribution < 1.29 is 47.0 Å². The highest BCUT2D eigenvalue weighted by Crippen LogP contribution is 2.59. The largest absolute Gasteiger partial charge is 0.491 e. The van der Waals surface area contributed by atoms with Crippen molar-refractivity contribution in [2.24, 2.45) is 0 Å². The van der Waals surface area contributed by atoms with Gasteiger partial charge in [0, 0.05) is 41.3 Å². The number of carbonyl (C=O) groups is 4. The highest BCUT2D eigenvalue weighted by atomic mass is 35.5. The van der Waals surface area contributed by atoms with Crippen LogP contribution in [0.3, 0.4) is 0 Å². The van der Waals surface area contributed by atoms with Crippen LogP contribution in [0.5, 0.6) is 5.75 Å². The van der Waals surface area contributed by atoms with Crippen molar-refractivity contribution >= 4 is 64.2 Å². The van der Waals surface area contributed by atoms with E-state index in [-0.39, 0.29) is 47.3 Å². The van der Waals surface area contributed by atoms with E-state index in [2.05, 4.69) is 10.6 Å². The normalized spacial score (nSPS) is 23.1. The first-order valence-electron chi connectivity index (χ1n) is 15.2. The number of ether oxygens (including phenoxy) is 1. The van der Waals surface area contributed by atoms with Crippen molar-refractivity contribution in [1.82, 2.24) is 20.4 Å². The fraction of sp³-hybridized carbons (Fsp3) is 0.419. The Labute approximate surface area is 282 Å². The van der Waals surface area contributed by atoms with E-state index in [0.29, 0.717) is 47.7 Å². The number of nitrogens with one attached hydrogen (secondary N) is 2. The van der Waals surface area contributed by atoms with Crippen LogP contribution < -0.4 is 15.4 Å². The van der Waals surface area contributed by atoms with Crippen molar-refractivity contribution in [3.63, 3.8) is 0 Å². The van der Waals surface area contributed by atoms with E-state index >= 15 is 0 Å². The molecule has 2 fully saturated rings. The molecule has 0 aliphatic carbocycles. The second-order valence-corrected chi connectivity index (χ2v) is 15.4. The zero-order valence-electron chi connectivity index (χ0n) is 25.5. The fourth-order valence-electron chi connectivity index (χ4n) is 6.52. The Bertz CT molecular complexity index is 1850. The first-order valence-corrected chi connectivity index (χ1v) is 18.0. The first-order chi connectivity index (χ1) is 22.6. The summed E-state index contributed by atoms with van der Waals surface area (Å²) in [6, 6.07) is 6.85. The number of alkyl halides is 2. The van der Waals surface area contributed by atoms with Gasteiger partial charge < -0.3 is 35.0 Å². The molecule has 256 valence electrons. The minimum atomic E-state index is -5.80. The van der Waals surface area contributed by atoms with Gasteiger partial charge in [0.15, 0.2) is 0 Å².